The van der Waals surface area contributed by atoms with Crippen LogP contribution >= 0.6 is 0 Å². The van der Waals surface area contributed by atoms with Gasteiger partial charge in [0.25, 0.3) is 0 Å². The van der Waals surface area contributed by atoms with Gasteiger partial charge < -0.3 is 58.1 Å². The van der Waals surface area contributed by atoms with E-state index in [9.17, 15) is 0 Å². The Balaban J connectivity index is -0.000000251. The van der Waals surface area contributed by atoms with Crippen molar-refractivity contribution < 1.29 is 352 Å². The van der Waals surface area contributed by atoms with Crippen molar-refractivity contribution in [3.63, 3.8) is 0 Å². The number of fused-ring (bicyclic) bond motifs is 3. The number of methoxy groups -OCH3 is 6. The number of benzene rings is 6. The molecule has 711 valence electrons. The summed E-state index contributed by atoms with van der Waals surface area (Å²) in [4.78, 5) is 42.2. The average molecular weight is 2530 g/mol. The van der Waals surface area contributed by atoms with Crippen LogP contribution in [0, 0.1) is 0 Å². The number of aliphatic imine (C=N–C) groups is 1. The maximum Gasteiger partial charge on any atom is 0.150 e. The molecule has 44 heteroatoms. The molecule has 2 fully saturated rings. The second-order valence-electron chi connectivity index (χ2n) is 25.4. The SMILES string of the molecule is CCNCCN(c1cc(OC)cc(OC)c1)c1ccc2ncc(-c3cnn(C)c3)nc2c1.CN=C(C)CN(c1cc(OC)cc(OC)c1)c1ccc2ncc(-c3cnn(C)c3)nc2c1.COc1cc(OC)cc(N(CCCN2CCCC2)c2ccc3ncc(-c4cnn(C5CCCCO5)c4)nc3c2)c1.[Co].[Co].[Co].[Co].[Co].[Co].[Co].[Co].[Co].[Co].[Co].[Co].[Co].[Co].[Co].[Co].[Co].[Co].[Co]. The Morgan fingerprint density at radius 1 is 0.423 bits per heavy atom. The summed E-state index contributed by atoms with van der Waals surface area (Å²) in [7, 11) is 15.6. The van der Waals surface area contributed by atoms with Crippen LogP contribution in [0.4, 0.5) is 34.1 Å². The van der Waals surface area contributed by atoms with Crippen LogP contribution in [0.2, 0.25) is 0 Å². The first-order chi connectivity index (χ1) is 50.8. The zero-order valence-corrected chi connectivity index (χ0v) is 87.3. The molecule has 123 heavy (non-hydrogen) atoms. The van der Waals surface area contributed by atoms with Crippen molar-refractivity contribution >= 4 is 72.9 Å². The molecule has 19 radical (unpaired) electrons. The van der Waals surface area contributed by atoms with Gasteiger partial charge in [-0.3, -0.25) is 29.3 Å². The van der Waals surface area contributed by atoms with E-state index in [0.717, 1.165) is 206 Å². The molecular formula is C79H92Co19N18O7. The molecule has 25 nitrogen and oxygen atoms in total. The van der Waals surface area contributed by atoms with Gasteiger partial charge in [0, 0.05) is 496 Å². The summed E-state index contributed by atoms with van der Waals surface area (Å²) < 4.78 is 44.5. The Labute approximate surface area is 917 Å². The molecule has 2 saturated heterocycles. The van der Waals surface area contributed by atoms with E-state index in [1.807, 2.05) is 129 Å². The fourth-order valence-corrected chi connectivity index (χ4v) is 12.7. The summed E-state index contributed by atoms with van der Waals surface area (Å²) in [5.74, 6) is 4.45. The third kappa shape index (κ3) is 37.7. The van der Waals surface area contributed by atoms with Gasteiger partial charge in [0.05, 0.1) is 137 Å². The number of likely N-dealkylation sites (tertiary alicyclic amines) is 1. The Hall–Kier alpha value is -1.66. The molecule has 6 aromatic carbocycles. The van der Waals surface area contributed by atoms with Gasteiger partial charge in [-0.2, -0.15) is 15.3 Å². The van der Waals surface area contributed by atoms with Crippen molar-refractivity contribution in [3.8, 4) is 68.3 Å². The molecule has 0 amide bonds. The minimum absolute atomic E-state index is 0. The van der Waals surface area contributed by atoms with E-state index in [0.29, 0.717) is 6.54 Å². The van der Waals surface area contributed by atoms with Gasteiger partial charge in [0.1, 0.15) is 40.7 Å². The minimum Gasteiger partial charge on any atom is -0.497 e. The Morgan fingerprint density at radius 2 is 0.780 bits per heavy atom. The monoisotopic (exact) mass is 2520 g/mol. The van der Waals surface area contributed by atoms with Crippen LogP contribution in [0.15, 0.2) is 170 Å². The average Bonchev–Trinajstić information content (AvgIpc) is 1.58. The van der Waals surface area contributed by atoms with E-state index >= 15 is 0 Å². The normalized spacial score (nSPS) is 11.7. The number of ether oxygens (including phenoxy) is 7. The quantitative estimate of drug-likeness (QED) is 0.0392. The Morgan fingerprint density at radius 3 is 1.12 bits per heavy atom. The van der Waals surface area contributed by atoms with Crippen molar-refractivity contribution in [2.24, 2.45) is 19.1 Å². The van der Waals surface area contributed by atoms with Gasteiger partial charge in [-0.1, -0.05) is 6.92 Å². The Kier molecular flexibility index (Phi) is 77.0. The topological polar surface area (TPSA) is 233 Å². The van der Waals surface area contributed by atoms with Crippen molar-refractivity contribution in [2.45, 2.75) is 58.6 Å². The molecular weight excluding hydrogens is 2430 g/mol. The largest absolute Gasteiger partial charge is 0.497 e. The third-order valence-electron chi connectivity index (χ3n) is 18.4. The molecule has 1 atom stereocenters. The molecule has 14 rings (SSSR count). The molecule has 2 aliphatic rings. The van der Waals surface area contributed by atoms with Gasteiger partial charge >= 0.3 is 0 Å². The van der Waals surface area contributed by atoms with Gasteiger partial charge in [-0.15, -0.1) is 0 Å². The number of rotatable bonds is 26. The third-order valence-corrected chi connectivity index (χ3v) is 18.4. The summed E-state index contributed by atoms with van der Waals surface area (Å²) in [6, 6.07) is 36.2. The van der Waals surface area contributed by atoms with E-state index in [-0.39, 0.29) is 325 Å². The van der Waals surface area contributed by atoms with Crippen molar-refractivity contribution in [1.29, 1.82) is 0 Å². The van der Waals surface area contributed by atoms with Crippen LogP contribution in [0.25, 0.3) is 66.9 Å². The second kappa shape index (κ2) is 69.2. The number of anilines is 6. The first-order valence-electron chi connectivity index (χ1n) is 35.1. The summed E-state index contributed by atoms with van der Waals surface area (Å²) in [5.41, 5.74) is 17.1. The van der Waals surface area contributed by atoms with E-state index in [2.05, 4.69) is 98.5 Å². The molecule has 0 bridgehead atoms. The number of likely N-dealkylation sites (N-methyl/N-ethyl adjacent to an activating group) is 1. The predicted octanol–water partition coefficient (Wildman–Crippen LogP) is 13.9. The predicted molar refractivity (Wildman–Crippen MR) is 411 cm³/mol. The number of nitrogens with one attached hydrogen (secondary N) is 1. The number of hydrogen-bond donors (Lipinski definition) is 1. The molecule has 0 spiro atoms. The molecule has 0 saturated carbocycles. The maximum atomic E-state index is 5.90. The van der Waals surface area contributed by atoms with E-state index in [1.165, 1.54) is 25.9 Å². The molecule has 0 aliphatic carbocycles. The molecule has 6 aromatic heterocycles. The maximum absolute atomic E-state index is 5.90. The van der Waals surface area contributed by atoms with Crippen LogP contribution in [0.1, 0.15) is 58.6 Å². The summed E-state index contributed by atoms with van der Waals surface area (Å²) in [6.07, 6.45) is 23.6. The number of aryl methyl sites for hydroxylation is 2. The van der Waals surface area contributed by atoms with Crippen LogP contribution in [0.5, 0.6) is 34.5 Å². The van der Waals surface area contributed by atoms with Crippen molar-refractivity contribution in [1.82, 2.24) is 69.5 Å². The van der Waals surface area contributed by atoms with Crippen LogP contribution < -0.4 is 48.4 Å². The smallest absolute Gasteiger partial charge is 0.150 e. The minimum atomic E-state index is -0.00325. The second-order valence-corrected chi connectivity index (χ2v) is 25.4. The van der Waals surface area contributed by atoms with Gasteiger partial charge in [-0.25, -0.2) is 19.6 Å². The first-order valence-corrected chi connectivity index (χ1v) is 35.1. The molecule has 1 N–H and O–H groups in total. The first kappa shape index (κ1) is 137. The van der Waals surface area contributed by atoms with Gasteiger partial charge in [0.15, 0.2) is 0 Å². The fraction of sp³-hybridized carbons (Fsp3) is 0.342. The number of aromatic nitrogens is 12. The standard InChI is InChI=1S/C31H38N6O3.C24H26N6O2.C24H28N6O2.19Co/c1-38-26-16-25(17-27(19-26)39-2)36(14-7-13-35-11-4-5-12-35)24-9-10-28-29(18-24)34-30(21-32-28)23-20-33-37(22-23)31-8-3-6-15-40-31;1-16(25-2)14-30(19-8-20(31-4)11-21(9-19)32-5)18-6-7-22-23(10-18)28-24(13-26-22)17-12-27-29(3)15-17;1-5-25-8-9-30(19-10-20(31-3)13-21(11-19)32-4)18-6-7-22-23(12-18)28-24(15-26-22)17-14-27-29(2)16-17;;;;;;;;;;;;;;;;;;;/h9-10,16-22,31H,3-8,11-15H2,1-2H3;6-13,15H,14H2,1-5H3;6-7,10-16,25H,5,8-9H2,1-4H3;;;;;;;;;;;;;;;;;;;. The zero-order chi connectivity index (χ0) is 72.5. The summed E-state index contributed by atoms with van der Waals surface area (Å²) in [5, 5.41) is 16.5. The van der Waals surface area contributed by atoms with Gasteiger partial charge in [0.2, 0.25) is 0 Å². The molecule has 8 heterocycles. The van der Waals surface area contributed by atoms with E-state index in [1.54, 1.807) is 83.9 Å². The fourth-order valence-electron chi connectivity index (χ4n) is 12.7. The van der Waals surface area contributed by atoms with Crippen molar-refractivity contribution in [2.75, 3.05) is 123 Å². The Bertz CT molecular complexity index is 4880. The number of nitrogens with zero attached hydrogens (tertiary/aromatic N) is 17. The van der Waals surface area contributed by atoms with Crippen LogP contribution in [-0.4, -0.2) is 179 Å². The molecule has 12 aromatic rings. The zero-order valence-electron chi connectivity index (χ0n) is 67.6. The van der Waals surface area contributed by atoms with Crippen LogP contribution in [-0.2, 0) is 338 Å². The molecule has 1 unspecified atom stereocenters. The summed E-state index contributed by atoms with van der Waals surface area (Å²) in [6.45, 7) is 12.4. The van der Waals surface area contributed by atoms with Crippen LogP contribution in [0.3, 0.4) is 0 Å². The number of hydrogen-bond acceptors (Lipinski definition) is 22. The van der Waals surface area contributed by atoms with Gasteiger partial charge in [-0.05, 0) is 126 Å². The van der Waals surface area contributed by atoms with E-state index < -0.39 is 0 Å². The molecule has 2 aliphatic heterocycles. The van der Waals surface area contributed by atoms with Crippen molar-refractivity contribution in [3.05, 3.63) is 165 Å². The summed E-state index contributed by atoms with van der Waals surface area (Å²) >= 11 is 0. The van der Waals surface area contributed by atoms with E-state index in [4.69, 9.17) is 53.1 Å².